The Bertz CT molecular complexity index is 1000. The van der Waals surface area contributed by atoms with Crippen molar-refractivity contribution in [3.05, 3.63) is 53.3 Å². The van der Waals surface area contributed by atoms with E-state index in [4.69, 9.17) is 21.1 Å². The average molecular weight is 388 g/mol. The van der Waals surface area contributed by atoms with Crippen molar-refractivity contribution in [3.63, 3.8) is 0 Å². The monoisotopic (exact) mass is 387 g/mol. The van der Waals surface area contributed by atoms with Gasteiger partial charge in [0.05, 0.1) is 30.2 Å². The third kappa shape index (κ3) is 4.38. The SMILES string of the molecule is COc1cc(Cl)c(C)cc1NC(=O)COC(=O)Cn1cnc2ccccc21. The maximum absolute atomic E-state index is 12.1. The van der Waals surface area contributed by atoms with Crippen LogP contribution in [0.1, 0.15) is 5.56 Å². The molecule has 27 heavy (non-hydrogen) atoms. The molecule has 0 saturated heterocycles. The topological polar surface area (TPSA) is 82.5 Å². The van der Waals surface area contributed by atoms with Crippen LogP contribution in [-0.2, 0) is 20.9 Å². The number of carbonyl (C=O) groups excluding carboxylic acids is 2. The highest BCUT2D eigenvalue weighted by molar-refractivity contribution is 6.31. The smallest absolute Gasteiger partial charge is 0.326 e. The molecule has 0 bridgehead atoms. The fourth-order valence-corrected chi connectivity index (χ4v) is 2.74. The van der Waals surface area contributed by atoms with Crippen molar-refractivity contribution in [2.45, 2.75) is 13.5 Å². The molecule has 140 valence electrons. The van der Waals surface area contributed by atoms with Crippen LogP contribution in [0.4, 0.5) is 5.69 Å². The van der Waals surface area contributed by atoms with Crippen LogP contribution < -0.4 is 10.1 Å². The van der Waals surface area contributed by atoms with Gasteiger partial charge >= 0.3 is 5.97 Å². The molecular weight excluding hydrogens is 370 g/mol. The van der Waals surface area contributed by atoms with Gasteiger partial charge in [-0.2, -0.15) is 0 Å². The molecule has 0 saturated carbocycles. The lowest BCUT2D eigenvalue weighted by atomic mass is 10.2. The molecule has 7 nitrogen and oxygen atoms in total. The second-order valence-electron chi connectivity index (χ2n) is 5.87. The Balaban J connectivity index is 1.58. The number of anilines is 1. The number of para-hydroxylation sites is 2. The van der Waals surface area contributed by atoms with Crippen LogP contribution in [0, 0.1) is 6.92 Å². The second kappa shape index (κ2) is 8.09. The highest BCUT2D eigenvalue weighted by atomic mass is 35.5. The van der Waals surface area contributed by atoms with Crippen LogP contribution in [0.2, 0.25) is 5.02 Å². The number of methoxy groups -OCH3 is 1. The molecule has 0 aliphatic heterocycles. The third-order valence-electron chi connectivity index (χ3n) is 3.95. The summed E-state index contributed by atoms with van der Waals surface area (Å²) in [5.41, 5.74) is 2.85. The summed E-state index contributed by atoms with van der Waals surface area (Å²) in [4.78, 5) is 28.3. The molecule has 2 aromatic carbocycles. The number of aromatic nitrogens is 2. The molecule has 0 spiro atoms. The number of nitrogens with zero attached hydrogens (tertiary/aromatic N) is 2. The molecule has 0 unspecified atom stereocenters. The lowest BCUT2D eigenvalue weighted by molar-refractivity contribution is -0.147. The van der Waals surface area contributed by atoms with E-state index in [9.17, 15) is 9.59 Å². The number of amides is 1. The number of ether oxygens (including phenoxy) is 2. The number of hydrogen-bond acceptors (Lipinski definition) is 5. The summed E-state index contributed by atoms with van der Waals surface area (Å²) in [6.07, 6.45) is 1.56. The van der Waals surface area contributed by atoms with Crippen LogP contribution in [0.5, 0.6) is 5.75 Å². The molecule has 8 heteroatoms. The number of imidazole rings is 1. The molecule has 0 fully saturated rings. The Labute approximate surface area is 160 Å². The summed E-state index contributed by atoms with van der Waals surface area (Å²) >= 11 is 6.04. The van der Waals surface area contributed by atoms with Gasteiger partial charge in [0, 0.05) is 11.1 Å². The predicted octanol–water partition coefficient (Wildman–Crippen LogP) is 3.19. The van der Waals surface area contributed by atoms with E-state index in [0.29, 0.717) is 16.5 Å². The number of fused-ring (bicyclic) bond motifs is 1. The summed E-state index contributed by atoms with van der Waals surface area (Å²) in [6, 6.07) is 10.8. The van der Waals surface area contributed by atoms with Gasteiger partial charge in [-0.3, -0.25) is 9.59 Å². The number of benzene rings is 2. The fourth-order valence-electron chi connectivity index (χ4n) is 2.58. The van der Waals surface area contributed by atoms with Crippen LogP contribution in [0.3, 0.4) is 0 Å². The lowest BCUT2D eigenvalue weighted by Gasteiger charge is -2.12. The molecule has 1 heterocycles. The minimum Gasteiger partial charge on any atom is -0.495 e. The average Bonchev–Trinajstić information content (AvgIpc) is 3.06. The first-order chi connectivity index (χ1) is 13.0. The molecular formula is C19H18ClN3O4. The van der Waals surface area contributed by atoms with Gasteiger partial charge in [-0.05, 0) is 30.7 Å². The fraction of sp³-hybridized carbons (Fsp3) is 0.211. The van der Waals surface area contributed by atoms with Crippen LogP contribution in [0.25, 0.3) is 11.0 Å². The summed E-state index contributed by atoms with van der Waals surface area (Å²) in [6.45, 7) is 1.38. The zero-order valence-electron chi connectivity index (χ0n) is 14.9. The number of halogens is 1. The van der Waals surface area contributed by atoms with E-state index in [1.54, 1.807) is 23.0 Å². The van der Waals surface area contributed by atoms with Gasteiger partial charge in [0.2, 0.25) is 0 Å². The summed E-state index contributed by atoms with van der Waals surface area (Å²) < 4.78 is 11.9. The summed E-state index contributed by atoms with van der Waals surface area (Å²) in [5, 5.41) is 3.19. The minimum absolute atomic E-state index is 0.0306. The second-order valence-corrected chi connectivity index (χ2v) is 6.28. The first-order valence-electron chi connectivity index (χ1n) is 8.17. The van der Waals surface area contributed by atoms with E-state index in [0.717, 1.165) is 16.6 Å². The van der Waals surface area contributed by atoms with Crippen LogP contribution >= 0.6 is 11.6 Å². The highest BCUT2D eigenvalue weighted by Crippen LogP contribution is 2.30. The molecule has 0 aliphatic rings. The zero-order valence-corrected chi connectivity index (χ0v) is 15.6. The van der Waals surface area contributed by atoms with Crippen molar-refractivity contribution in [3.8, 4) is 5.75 Å². The number of carbonyl (C=O) groups is 2. The Kier molecular flexibility index (Phi) is 5.61. The maximum atomic E-state index is 12.1. The molecule has 0 radical (unpaired) electrons. The first-order valence-corrected chi connectivity index (χ1v) is 8.55. The third-order valence-corrected chi connectivity index (χ3v) is 4.35. The van der Waals surface area contributed by atoms with E-state index < -0.39 is 18.5 Å². The standard InChI is InChI=1S/C19H18ClN3O4/c1-12-7-15(17(26-2)8-13(12)20)22-18(24)10-27-19(25)9-23-11-21-14-5-3-4-6-16(14)23/h3-8,11H,9-10H2,1-2H3,(H,22,24). The van der Waals surface area contributed by atoms with E-state index in [1.807, 2.05) is 31.2 Å². The summed E-state index contributed by atoms with van der Waals surface area (Å²) in [7, 11) is 1.48. The summed E-state index contributed by atoms with van der Waals surface area (Å²) in [5.74, 6) is -0.582. The van der Waals surface area contributed by atoms with Gasteiger partial charge < -0.3 is 19.4 Å². The Morgan fingerprint density at radius 3 is 2.81 bits per heavy atom. The Hall–Kier alpha value is -3.06. The van der Waals surface area contributed by atoms with E-state index in [2.05, 4.69) is 10.3 Å². The largest absolute Gasteiger partial charge is 0.495 e. The van der Waals surface area contributed by atoms with Gasteiger partial charge in [0.15, 0.2) is 6.61 Å². The number of rotatable bonds is 6. The van der Waals surface area contributed by atoms with Gasteiger partial charge in [-0.1, -0.05) is 23.7 Å². The number of esters is 1. The van der Waals surface area contributed by atoms with E-state index in [-0.39, 0.29) is 6.54 Å². The van der Waals surface area contributed by atoms with Crippen LogP contribution in [0.15, 0.2) is 42.7 Å². The zero-order chi connectivity index (χ0) is 19.4. The normalized spacial score (nSPS) is 10.6. The van der Waals surface area contributed by atoms with Gasteiger partial charge in [-0.15, -0.1) is 0 Å². The van der Waals surface area contributed by atoms with Crippen molar-refractivity contribution in [1.82, 2.24) is 9.55 Å². The van der Waals surface area contributed by atoms with Gasteiger partial charge in [-0.25, -0.2) is 4.98 Å². The van der Waals surface area contributed by atoms with Crippen molar-refractivity contribution >= 4 is 40.2 Å². The van der Waals surface area contributed by atoms with E-state index >= 15 is 0 Å². The van der Waals surface area contributed by atoms with Gasteiger partial charge in [0.25, 0.3) is 5.91 Å². The first kappa shape index (κ1) is 18.7. The Morgan fingerprint density at radius 1 is 1.26 bits per heavy atom. The number of aryl methyl sites for hydroxylation is 1. The van der Waals surface area contributed by atoms with Crippen molar-refractivity contribution in [2.24, 2.45) is 0 Å². The number of nitrogens with one attached hydrogen (secondary N) is 1. The maximum Gasteiger partial charge on any atom is 0.326 e. The van der Waals surface area contributed by atoms with Gasteiger partial charge in [0.1, 0.15) is 12.3 Å². The van der Waals surface area contributed by atoms with Crippen LogP contribution in [-0.4, -0.2) is 35.1 Å². The Morgan fingerprint density at radius 2 is 2.04 bits per heavy atom. The van der Waals surface area contributed by atoms with Crippen molar-refractivity contribution < 1.29 is 19.1 Å². The molecule has 0 aliphatic carbocycles. The molecule has 1 aromatic heterocycles. The molecule has 1 N–H and O–H groups in total. The quantitative estimate of drug-likeness (QED) is 0.657. The molecule has 1 amide bonds. The highest BCUT2D eigenvalue weighted by Gasteiger charge is 2.13. The predicted molar refractivity (Wildman–Crippen MR) is 102 cm³/mol. The van der Waals surface area contributed by atoms with E-state index in [1.165, 1.54) is 7.11 Å². The molecule has 0 atom stereocenters. The van der Waals surface area contributed by atoms with Crippen molar-refractivity contribution in [1.29, 1.82) is 0 Å². The van der Waals surface area contributed by atoms with Crippen molar-refractivity contribution in [2.75, 3.05) is 19.0 Å². The lowest BCUT2D eigenvalue weighted by Crippen LogP contribution is -2.23. The molecule has 3 aromatic rings. The number of hydrogen-bond donors (Lipinski definition) is 1. The minimum atomic E-state index is -0.535. The molecule has 3 rings (SSSR count).